The first-order valence-electron chi connectivity index (χ1n) is 3.24. The van der Waals surface area contributed by atoms with Crippen molar-refractivity contribution in [1.82, 2.24) is 4.98 Å². The Kier molecular flexibility index (Phi) is 2.60. The summed E-state index contributed by atoms with van der Waals surface area (Å²) in [5.74, 6) is 0.403. The predicted molar refractivity (Wildman–Crippen MR) is 43.9 cm³/mol. The third kappa shape index (κ3) is 1.77. The summed E-state index contributed by atoms with van der Waals surface area (Å²) in [6.07, 6.45) is 2.31. The maximum atomic E-state index is 10.3. The average molecular weight is 170 g/mol. The number of pyridine rings is 1. The van der Waals surface area contributed by atoms with Gasteiger partial charge in [0.15, 0.2) is 6.29 Å². The summed E-state index contributed by atoms with van der Waals surface area (Å²) in [4.78, 5) is 14.3. The van der Waals surface area contributed by atoms with E-state index in [4.69, 9.17) is 11.6 Å². The van der Waals surface area contributed by atoms with Crippen LogP contribution in [0.1, 0.15) is 21.6 Å². The van der Waals surface area contributed by atoms with E-state index in [9.17, 15) is 4.79 Å². The molecule has 1 rings (SSSR count). The summed E-state index contributed by atoms with van der Waals surface area (Å²) in [5.41, 5.74) is 2.37. The molecule has 0 N–H and O–H groups in total. The number of carbonyl (C=O) groups is 1. The molecule has 0 unspecified atom stereocenters. The Morgan fingerprint density at radius 3 is 3.00 bits per heavy atom. The first-order valence-corrected chi connectivity index (χ1v) is 3.78. The van der Waals surface area contributed by atoms with Crippen LogP contribution in [-0.4, -0.2) is 11.3 Å². The number of halogens is 1. The molecule has 0 bridgehead atoms. The summed E-state index contributed by atoms with van der Waals surface area (Å²) >= 11 is 5.61. The lowest BCUT2D eigenvalue weighted by atomic mass is 10.2. The van der Waals surface area contributed by atoms with Gasteiger partial charge in [-0.05, 0) is 18.6 Å². The van der Waals surface area contributed by atoms with E-state index in [2.05, 4.69) is 4.98 Å². The zero-order chi connectivity index (χ0) is 8.27. The molecule has 2 nitrogen and oxygen atoms in total. The van der Waals surface area contributed by atoms with Crippen molar-refractivity contribution in [2.24, 2.45) is 0 Å². The second-order valence-electron chi connectivity index (χ2n) is 2.26. The maximum absolute atomic E-state index is 10.3. The van der Waals surface area contributed by atoms with Crippen LogP contribution in [-0.2, 0) is 5.88 Å². The van der Waals surface area contributed by atoms with Gasteiger partial charge in [0.1, 0.15) is 0 Å². The van der Waals surface area contributed by atoms with Gasteiger partial charge in [0.05, 0.1) is 0 Å². The molecule has 0 aliphatic heterocycles. The minimum Gasteiger partial charge on any atom is -0.298 e. The number of carbonyl (C=O) groups excluding carboxylic acids is 1. The normalized spacial score (nSPS) is 9.64. The van der Waals surface area contributed by atoms with Crippen molar-refractivity contribution in [3.8, 4) is 0 Å². The van der Waals surface area contributed by atoms with Crippen LogP contribution in [0.5, 0.6) is 0 Å². The highest BCUT2D eigenvalue weighted by Crippen LogP contribution is 2.08. The first kappa shape index (κ1) is 8.21. The number of hydrogen-bond acceptors (Lipinski definition) is 2. The minimum atomic E-state index is 0.403. The number of aromatic nitrogens is 1. The predicted octanol–water partition coefficient (Wildman–Crippen LogP) is 1.94. The fraction of sp³-hybridized carbons (Fsp3) is 0.250. The molecule has 0 amide bonds. The van der Waals surface area contributed by atoms with Gasteiger partial charge in [-0.1, -0.05) is 0 Å². The van der Waals surface area contributed by atoms with Crippen molar-refractivity contribution in [2.45, 2.75) is 12.8 Å². The third-order valence-electron chi connectivity index (χ3n) is 1.49. The van der Waals surface area contributed by atoms with E-state index in [1.54, 1.807) is 12.3 Å². The van der Waals surface area contributed by atoms with E-state index in [0.717, 1.165) is 17.5 Å². The number of alkyl halides is 1. The van der Waals surface area contributed by atoms with Crippen LogP contribution in [0, 0.1) is 6.92 Å². The standard InChI is InChI=1S/C8H8ClNO/c1-6-8(3-9)2-7(5-11)4-10-6/h2,4-5H,3H2,1H3. The van der Waals surface area contributed by atoms with Crippen LogP contribution in [0.3, 0.4) is 0 Å². The second kappa shape index (κ2) is 3.49. The van der Waals surface area contributed by atoms with Gasteiger partial charge in [-0.25, -0.2) is 0 Å². The molecule has 1 aromatic rings. The van der Waals surface area contributed by atoms with Gasteiger partial charge >= 0.3 is 0 Å². The number of rotatable bonds is 2. The molecule has 3 heteroatoms. The molecule has 0 radical (unpaired) electrons. The van der Waals surface area contributed by atoms with Crippen molar-refractivity contribution >= 4 is 17.9 Å². The van der Waals surface area contributed by atoms with E-state index >= 15 is 0 Å². The summed E-state index contributed by atoms with van der Waals surface area (Å²) in [6.45, 7) is 1.87. The van der Waals surface area contributed by atoms with Crippen LogP contribution in [0.2, 0.25) is 0 Å². The average Bonchev–Trinajstić information content (AvgIpc) is 2.05. The molecular weight excluding hydrogens is 162 g/mol. The van der Waals surface area contributed by atoms with Gasteiger partial charge in [-0.2, -0.15) is 0 Å². The van der Waals surface area contributed by atoms with Crippen molar-refractivity contribution < 1.29 is 4.79 Å². The Morgan fingerprint density at radius 2 is 2.45 bits per heavy atom. The molecule has 0 spiro atoms. The lowest BCUT2D eigenvalue weighted by Gasteiger charge is -1.99. The van der Waals surface area contributed by atoms with Crippen molar-refractivity contribution in [3.05, 3.63) is 29.1 Å². The Hall–Kier alpha value is -0.890. The Morgan fingerprint density at radius 1 is 1.73 bits per heavy atom. The van der Waals surface area contributed by atoms with Crippen molar-refractivity contribution in [3.63, 3.8) is 0 Å². The van der Waals surface area contributed by atoms with Crippen LogP contribution in [0.15, 0.2) is 12.3 Å². The number of hydrogen-bond donors (Lipinski definition) is 0. The van der Waals surface area contributed by atoms with Crippen molar-refractivity contribution in [2.75, 3.05) is 0 Å². The highest BCUT2D eigenvalue weighted by molar-refractivity contribution is 6.17. The molecule has 0 aliphatic carbocycles. The lowest BCUT2D eigenvalue weighted by molar-refractivity contribution is 0.112. The molecule has 1 heterocycles. The number of aldehydes is 1. The fourth-order valence-corrected chi connectivity index (χ4v) is 1.07. The van der Waals surface area contributed by atoms with Gasteiger partial charge in [0, 0.05) is 23.3 Å². The summed E-state index contributed by atoms with van der Waals surface area (Å²) in [5, 5.41) is 0. The molecule has 0 fully saturated rings. The summed E-state index contributed by atoms with van der Waals surface area (Å²) < 4.78 is 0. The largest absolute Gasteiger partial charge is 0.298 e. The Labute approximate surface area is 70.2 Å². The molecule has 11 heavy (non-hydrogen) atoms. The van der Waals surface area contributed by atoms with Crippen molar-refractivity contribution in [1.29, 1.82) is 0 Å². The van der Waals surface area contributed by atoms with Gasteiger partial charge in [-0.3, -0.25) is 9.78 Å². The summed E-state index contributed by atoms with van der Waals surface area (Å²) in [7, 11) is 0. The Balaban J connectivity index is 3.12. The quantitative estimate of drug-likeness (QED) is 0.500. The van der Waals surface area contributed by atoms with E-state index in [1.807, 2.05) is 6.92 Å². The van der Waals surface area contributed by atoms with Gasteiger partial charge in [0.2, 0.25) is 0 Å². The number of aryl methyl sites for hydroxylation is 1. The monoisotopic (exact) mass is 169 g/mol. The van der Waals surface area contributed by atoms with Crippen LogP contribution in [0.25, 0.3) is 0 Å². The summed E-state index contributed by atoms with van der Waals surface area (Å²) in [6, 6.07) is 1.75. The first-order chi connectivity index (χ1) is 5.27. The molecule has 0 atom stereocenters. The molecular formula is C8H8ClNO. The second-order valence-corrected chi connectivity index (χ2v) is 2.53. The zero-order valence-corrected chi connectivity index (χ0v) is 6.93. The fourth-order valence-electron chi connectivity index (χ4n) is 0.797. The minimum absolute atomic E-state index is 0.403. The lowest BCUT2D eigenvalue weighted by Crippen LogP contribution is -1.92. The highest BCUT2D eigenvalue weighted by atomic mass is 35.5. The smallest absolute Gasteiger partial charge is 0.151 e. The van der Waals surface area contributed by atoms with E-state index < -0.39 is 0 Å². The topological polar surface area (TPSA) is 30.0 Å². The maximum Gasteiger partial charge on any atom is 0.151 e. The zero-order valence-electron chi connectivity index (χ0n) is 6.17. The molecule has 0 aromatic carbocycles. The number of nitrogens with zero attached hydrogens (tertiary/aromatic N) is 1. The van der Waals surface area contributed by atoms with Gasteiger partial charge in [-0.15, -0.1) is 11.6 Å². The molecule has 0 aliphatic rings. The Bertz CT molecular complexity index is 273. The molecule has 0 saturated carbocycles. The SMILES string of the molecule is Cc1ncc(C=O)cc1CCl. The van der Waals surface area contributed by atoms with Gasteiger partial charge < -0.3 is 0 Å². The van der Waals surface area contributed by atoms with Gasteiger partial charge in [0.25, 0.3) is 0 Å². The highest BCUT2D eigenvalue weighted by Gasteiger charge is 1.98. The van der Waals surface area contributed by atoms with Crippen LogP contribution < -0.4 is 0 Å². The van der Waals surface area contributed by atoms with E-state index in [1.165, 1.54) is 0 Å². The van der Waals surface area contributed by atoms with E-state index in [-0.39, 0.29) is 0 Å². The van der Waals surface area contributed by atoms with Crippen LogP contribution >= 0.6 is 11.6 Å². The molecule has 0 saturated heterocycles. The molecule has 1 aromatic heterocycles. The van der Waals surface area contributed by atoms with Crippen LogP contribution in [0.4, 0.5) is 0 Å². The van der Waals surface area contributed by atoms with E-state index in [0.29, 0.717) is 11.4 Å². The third-order valence-corrected chi connectivity index (χ3v) is 1.78. The molecule has 58 valence electrons.